The Morgan fingerprint density at radius 1 is 2.00 bits per heavy atom. The highest BCUT2D eigenvalue weighted by atomic mass is 32.2. The Kier molecular flexibility index (Phi) is 4.49. The first-order chi connectivity index (χ1) is 3.35. The van der Waals surface area contributed by atoms with Gasteiger partial charge in [-0.3, -0.25) is 4.31 Å². The normalized spacial score (nSPS) is 8.29. The number of thiocarbonyl (C=S) groups is 1. The summed E-state index contributed by atoms with van der Waals surface area (Å²) in [6, 6.07) is 0. The van der Waals surface area contributed by atoms with E-state index in [1.165, 1.54) is 9.80 Å². The van der Waals surface area contributed by atoms with E-state index >= 15 is 0 Å². The van der Waals surface area contributed by atoms with Crippen molar-refractivity contribution in [3.05, 3.63) is 0 Å². The lowest BCUT2D eigenvalue weighted by atomic mass is 10.8. The Morgan fingerprint density at radius 3 is 2.57 bits per heavy atom. The third kappa shape index (κ3) is 2.85. The minimum absolute atomic E-state index is 0.644. The van der Waals surface area contributed by atoms with Crippen LogP contribution in [-0.2, 0) is 0 Å². The Hall–Kier alpha value is 0.200. The Morgan fingerprint density at radius 2 is 2.57 bits per heavy atom. The molecule has 0 aromatic rings. The molecule has 0 saturated heterocycles. The number of hydrogen-bond acceptors (Lipinski definition) is 3. The van der Waals surface area contributed by atoms with Gasteiger partial charge in [-0.1, -0.05) is 12.2 Å². The van der Waals surface area contributed by atoms with Crippen molar-refractivity contribution in [3.63, 3.8) is 0 Å². The van der Waals surface area contributed by atoms with E-state index in [9.17, 15) is 0 Å². The molecule has 0 aromatic heterocycles. The van der Waals surface area contributed by atoms with Crippen molar-refractivity contribution in [2.45, 2.75) is 6.92 Å². The molecular weight excluding hydrogens is 130 g/mol. The second kappa shape index (κ2) is 4.36. The van der Waals surface area contributed by atoms with Gasteiger partial charge in [-0.15, -0.1) is 0 Å². The summed E-state index contributed by atoms with van der Waals surface area (Å²) >= 11 is 5.14. The van der Waals surface area contributed by atoms with Crippen LogP contribution in [0.4, 0.5) is 0 Å². The molecule has 42 valence electrons. The molecule has 0 aliphatic heterocycles. The SMILES string of the molecule is CCN(C=S)SO. The predicted octanol–water partition coefficient (Wildman–Crippen LogP) is 1.39. The number of hydrogen-bond donors (Lipinski definition) is 1. The monoisotopic (exact) mass is 137 g/mol. The van der Waals surface area contributed by atoms with Crippen LogP contribution in [0.15, 0.2) is 0 Å². The van der Waals surface area contributed by atoms with Gasteiger partial charge >= 0.3 is 0 Å². The largest absolute Gasteiger partial charge is 0.312 e. The molecule has 0 heterocycles. The maximum atomic E-state index is 8.27. The molecule has 0 unspecified atom stereocenters. The summed E-state index contributed by atoms with van der Waals surface area (Å²) in [6.45, 7) is 2.65. The van der Waals surface area contributed by atoms with Gasteiger partial charge in [0.25, 0.3) is 0 Å². The van der Waals surface area contributed by atoms with Crippen LogP contribution in [0.3, 0.4) is 0 Å². The second-order valence-electron chi connectivity index (χ2n) is 0.920. The average molecular weight is 137 g/mol. The summed E-state index contributed by atoms with van der Waals surface area (Å²) in [5.41, 5.74) is 1.41. The van der Waals surface area contributed by atoms with Gasteiger partial charge in [0.15, 0.2) is 0 Å². The Bertz CT molecular complexity index is 54.9. The van der Waals surface area contributed by atoms with Gasteiger partial charge in [0.2, 0.25) is 0 Å². The summed E-state index contributed by atoms with van der Waals surface area (Å²) in [7, 11) is 0. The lowest BCUT2D eigenvalue weighted by Gasteiger charge is -2.07. The third-order valence-electron chi connectivity index (χ3n) is 0.534. The van der Waals surface area contributed by atoms with E-state index in [1.54, 1.807) is 0 Å². The highest BCUT2D eigenvalue weighted by Gasteiger charge is 1.88. The van der Waals surface area contributed by atoms with Gasteiger partial charge in [-0.25, -0.2) is 0 Å². The first-order valence-electron chi connectivity index (χ1n) is 1.88. The van der Waals surface area contributed by atoms with Crippen LogP contribution >= 0.6 is 24.4 Å². The zero-order chi connectivity index (χ0) is 5.70. The maximum Gasteiger partial charge on any atom is 0.111 e. The van der Waals surface area contributed by atoms with Crippen molar-refractivity contribution in [1.29, 1.82) is 0 Å². The first kappa shape index (κ1) is 7.20. The molecule has 0 rings (SSSR count). The minimum atomic E-state index is 0.644. The molecule has 1 N–H and O–H groups in total. The van der Waals surface area contributed by atoms with Crippen molar-refractivity contribution in [2.75, 3.05) is 6.54 Å². The lowest BCUT2D eigenvalue weighted by molar-refractivity contribution is 0.600. The van der Waals surface area contributed by atoms with E-state index < -0.39 is 0 Å². The average Bonchev–Trinajstić information content (AvgIpc) is 1.72. The molecule has 7 heavy (non-hydrogen) atoms. The lowest BCUT2D eigenvalue weighted by Crippen LogP contribution is -2.09. The quantitative estimate of drug-likeness (QED) is 0.361. The van der Waals surface area contributed by atoms with Crippen LogP contribution in [0.2, 0.25) is 0 Å². The molecular formula is C3H7NOS2. The smallest absolute Gasteiger partial charge is 0.111 e. The van der Waals surface area contributed by atoms with Crippen molar-refractivity contribution in [1.82, 2.24) is 4.31 Å². The molecule has 0 aliphatic rings. The standard InChI is InChI=1S/C3H7NOS2/c1-2-4(3-6)7-5/h3,5H,2H2,1H3. The number of nitrogens with zero attached hydrogens (tertiary/aromatic N) is 1. The number of rotatable bonds is 3. The van der Waals surface area contributed by atoms with Crippen LogP contribution in [0.25, 0.3) is 0 Å². The van der Waals surface area contributed by atoms with Gasteiger partial charge in [-0.2, -0.15) is 0 Å². The molecule has 0 radical (unpaired) electrons. The van der Waals surface area contributed by atoms with E-state index in [-0.39, 0.29) is 0 Å². The van der Waals surface area contributed by atoms with Crippen molar-refractivity contribution in [2.24, 2.45) is 0 Å². The van der Waals surface area contributed by atoms with E-state index in [1.807, 2.05) is 6.92 Å². The third-order valence-corrected chi connectivity index (χ3v) is 1.50. The molecule has 0 atom stereocenters. The zero-order valence-corrected chi connectivity index (χ0v) is 5.63. The topological polar surface area (TPSA) is 23.5 Å². The zero-order valence-electron chi connectivity index (χ0n) is 4.00. The van der Waals surface area contributed by atoms with Crippen LogP contribution < -0.4 is 0 Å². The first-order valence-corrected chi connectivity index (χ1v) is 3.08. The molecule has 0 bridgehead atoms. The van der Waals surface area contributed by atoms with Gasteiger partial charge in [0.1, 0.15) is 12.2 Å². The van der Waals surface area contributed by atoms with Crippen LogP contribution in [0.5, 0.6) is 0 Å². The summed E-state index contributed by atoms with van der Waals surface area (Å²) in [6.07, 6.45) is 0. The highest BCUT2D eigenvalue weighted by molar-refractivity contribution is 7.93. The summed E-state index contributed by atoms with van der Waals surface area (Å²) < 4.78 is 9.81. The molecule has 4 heteroatoms. The predicted molar refractivity (Wildman–Crippen MR) is 36.3 cm³/mol. The fourth-order valence-corrected chi connectivity index (χ4v) is 0.570. The van der Waals surface area contributed by atoms with Crippen molar-refractivity contribution >= 4 is 29.9 Å². The molecule has 0 aromatic carbocycles. The molecule has 0 aliphatic carbocycles. The molecule has 0 saturated carbocycles. The van der Waals surface area contributed by atoms with Crippen LogP contribution in [0, 0.1) is 0 Å². The summed E-state index contributed by atoms with van der Waals surface area (Å²) in [5, 5.41) is 0. The van der Waals surface area contributed by atoms with E-state index in [0.29, 0.717) is 12.2 Å². The van der Waals surface area contributed by atoms with E-state index in [2.05, 4.69) is 12.2 Å². The van der Waals surface area contributed by atoms with Gasteiger partial charge in [0, 0.05) is 6.54 Å². The van der Waals surface area contributed by atoms with E-state index in [4.69, 9.17) is 4.55 Å². The van der Waals surface area contributed by atoms with E-state index in [0.717, 1.165) is 6.54 Å². The molecule has 2 nitrogen and oxygen atoms in total. The van der Waals surface area contributed by atoms with Gasteiger partial charge in [-0.05, 0) is 6.92 Å². The molecule has 0 spiro atoms. The van der Waals surface area contributed by atoms with Crippen molar-refractivity contribution in [3.8, 4) is 0 Å². The Balaban J connectivity index is 3.16. The fraction of sp³-hybridized carbons (Fsp3) is 0.667. The van der Waals surface area contributed by atoms with Crippen LogP contribution in [-0.4, -0.2) is 20.9 Å². The maximum absolute atomic E-state index is 8.27. The Labute approximate surface area is 52.8 Å². The van der Waals surface area contributed by atoms with Gasteiger partial charge < -0.3 is 4.55 Å². The van der Waals surface area contributed by atoms with Crippen LogP contribution in [0.1, 0.15) is 6.92 Å². The highest BCUT2D eigenvalue weighted by Crippen LogP contribution is 1.97. The minimum Gasteiger partial charge on any atom is -0.312 e. The summed E-state index contributed by atoms with van der Waals surface area (Å²) in [4.78, 5) is 0. The summed E-state index contributed by atoms with van der Waals surface area (Å²) in [5.74, 6) is 0. The fourth-order valence-electron chi connectivity index (χ4n) is 0.152. The second-order valence-corrected chi connectivity index (χ2v) is 1.76. The van der Waals surface area contributed by atoms with Crippen molar-refractivity contribution < 1.29 is 4.55 Å². The van der Waals surface area contributed by atoms with Gasteiger partial charge in [0.05, 0.1) is 5.49 Å². The molecule has 0 fully saturated rings. The molecule has 0 amide bonds.